The molecule has 134 valence electrons. The van der Waals surface area contributed by atoms with E-state index in [9.17, 15) is 14.0 Å². The fraction of sp³-hybridized carbons (Fsp3) is 0.200. The summed E-state index contributed by atoms with van der Waals surface area (Å²) in [5, 5.41) is 6.11. The lowest BCUT2D eigenvalue weighted by Gasteiger charge is -2.09. The van der Waals surface area contributed by atoms with Crippen LogP contribution in [-0.2, 0) is 4.79 Å². The Morgan fingerprint density at radius 1 is 1.00 bits per heavy atom. The zero-order chi connectivity index (χ0) is 18.8. The number of carbonyl (C=O) groups is 2. The van der Waals surface area contributed by atoms with E-state index in [0.717, 1.165) is 4.70 Å². The average Bonchev–Trinajstić information content (AvgIpc) is 2.94. The van der Waals surface area contributed by atoms with Gasteiger partial charge in [-0.15, -0.1) is 11.3 Å². The summed E-state index contributed by atoms with van der Waals surface area (Å²) >= 11 is 1.27. The first kappa shape index (κ1) is 18.1. The molecule has 0 aliphatic rings. The highest BCUT2D eigenvalue weighted by atomic mass is 32.1. The Morgan fingerprint density at radius 3 is 2.19 bits per heavy atom. The molecule has 1 aromatic heterocycles. The predicted octanol–water partition coefficient (Wildman–Crippen LogP) is 5.20. The Morgan fingerprint density at radius 2 is 1.62 bits per heavy atom. The molecular weight excluding hydrogens is 351 g/mol. The van der Waals surface area contributed by atoms with E-state index >= 15 is 0 Å². The summed E-state index contributed by atoms with van der Waals surface area (Å²) in [5.41, 5.74) is 1.91. The zero-order valence-electron chi connectivity index (χ0n) is 14.7. The molecule has 2 amide bonds. The summed E-state index contributed by atoms with van der Waals surface area (Å²) < 4.78 is 14.7. The highest BCUT2D eigenvalue weighted by Gasteiger charge is 2.18. The molecule has 2 N–H and O–H groups in total. The fourth-order valence-electron chi connectivity index (χ4n) is 2.58. The summed E-state index contributed by atoms with van der Waals surface area (Å²) in [7, 11) is 0. The summed E-state index contributed by atoms with van der Waals surface area (Å²) in [6.07, 6.45) is 0. The second-order valence-corrected chi connectivity index (χ2v) is 7.40. The zero-order valence-corrected chi connectivity index (χ0v) is 15.5. The minimum absolute atomic E-state index is 0.0651. The number of carbonyl (C=O) groups excluding carboxylic acids is 2. The molecule has 0 saturated carbocycles. The van der Waals surface area contributed by atoms with E-state index in [1.807, 2.05) is 13.8 Å². The van der Waals surface area contributed by atoms with Crippen molar-refractivity contribution in [3.63, 3.8) is 0 Å². The Balaban J connectivity index is 1.77. The van der Waals surface area contributed by atoms with Crippen molar-refractivity contribution in [1.29, 1.82) is 0 Å². The molecule has 0 saturated heterocycles. The number of anilines is 2. The van der Waals surface area contributed by atoms with Crippen molar-refractivity contribution in [3.8, 4) is 0 Å². The molecule has 0 aliphatic carbocycles. The average molecular weight is 370 g/mol. The minimum Gasteiger partial charge on any atom is -0.326 e. The van der Waals surface area contributed by atoms with Crippen LogP contribution in [0.5, 0.6) is 0 Å². The van der Waals surface area contributed by atoms with Crippen LogP contribution in [0.3, 0.4) is 0 Å². The summed E-state index contributed by atoms with van der Waals surface area (Å²) in [5.74, 6) is -0.766. The van der Waals surface area contributed by atoms with Crippen molar-refractivity contribution in [1.82, 2.24) is 0 Å². The van der Waals surface area contributed by atoms with Gasteiger partial charge in [0.25, 0.3) is 5.91 Å². The van der Waals surface area contributed by atoms with Crippen molar-refractivity contribution >= 4 is 44.6 Å². The van der Waals surface area contributed by atoms with Crippen molar-refractivity contribution < 1.29 is 14.0 Å². The fourth-order valence-corrected chi connectivity index (χ4v) is 3.70. The number of hydrogen-bond acceptors (Lipinski definition) is 3. The van der Waals surface area contributed by atoms with Crippen LogP contribution in [0, 0.1) is 18.7 Å². The van der Waals surface area contributed by atoms with E-state index in [2.05, 4.69) is 10.6 Å². The molecule has 0 radical (unpaired) electrons. The third kappa shape index (κ3) is 3.60. The first-order chi connectivity index (χ1) is 12.4. The quantitative estimate of drug-likeness (QED) is 0.663. The molecular formula is C20H19FN2O2S. The van der Waals surface area contributed by atoms with Gasteiger partial charge < -0.3 is 10.6 Å². The van der Waals surface area contributed by atoms with Crippen LogP contribution in [0.15, 0.2) is 42.5 Å². The topological polar surface area (TPSA) is 58.2 Å². The van der Waals surface area contributed by atoms with Crippen LogP contribution in [0.1, 0.15) is 29.1 Å². The van der Waals surface area contributed by atoms with Gasteiger partial charge in [0.1, 0.15) is 5.82 Å². The third-order valence-corrected chi connectivity index (χ3v) is 5.30. The number of halogens is 1. The van der Waals surface area contributed by atoms with Crippen molar-refractivity contribution in [2.75, 3.05) is 10.6 Å². The molecule has 0 unspecified atom stereocenters. The highest BCUT2D eigenvalue weighted by molar-refractivity contribution is 7.21. The number of hydrogen-bond donors (Lipinski definition) is 2. The van der Waals surface area contributed by atoms with Crippen LogP contribution in [0.2, 0.25) is 0 Å². The number of fused-ring (bicyclic) bond motifs is 1. The second kappa shape index (κ2) is 7.25. The predicted molar refractivity (Wildman–Crippen MR) is 104 cm³/mol. The molecule has 0 bridgehead atoms. The van der Waals surface area contributed by atoms with E-state index in [-0.39, 0.29) is 23.5 Å². The van der Waals surface area contributed by atoms with Gasteiger partial charge in [0.05, 0.1) is 4.88 Å². The number of rotatable bonds is 4. The van der Waals surface area contributed by atoms with E-state index in [1.54, 1.807) is 43.3 Å². The minimum atomic E-state index is -0.319. The molecule has 3 rings (SSSR count). The standard InChI is InChI=1S/C20H19FN2O2S/c1-11(2)19(24)22-13-7-9-14(10-8-13)23-20(25)18-12(3)17-15(21)5-4-6-16(17)26-18/h4-11H,1-3H3,(H,22,24)(H,23,25). The van der Waals surface area contributed by atoms with Gasteiger partial charge in [-0.1, -0.05) is 19.9 Å². The number of amides is 2. The van der Waals surface area contributed by atoms with E-state index in [0.29, 0.717) is 27.2 Å². The number of thiophene rings is 1. The van der Waals surface area contributed by atoms with Crippen LogP contribution in [0.25, 0.3) is 10.1 Å². The molecule has 26 heavy (non-hydrogen) atoms. The molecule has 6 heteroatoms. The SMILES string of the molecule is Cc1c(C(=O)Nc2ccc(NC(=O)C(C)C)cc2)sc2cccc(F)c12. The maximum atomic E-state index is 14.0. The van der Waals surface area contributed by atoms with Gasteiger partial charge in [-0.05, 0) is 48.9 Å². The molecule has 4 nitrogen and oxygen atoms in total. The van der Waals surface area contributed by atoms with E-state index in [4.69, 9.17) is 0 Å². The number of benzene rings is 2. The molecule has 3 aromatic rings. The van der Waals surface area contributed by atoms with Crippen molar-refractivity contribution in [2.24, 2.45) is 5.92 Å². The summed E-state index contributed by atoms with van der Waals surface area (Å²) in [6, 6.07) is 11.7. The first-order valence-electron chi connectivity index (χ1n) is 8.26. The van der Waals surface area contributed by atoms with Crippen molar-refractivity contribution in [2.45, 2.75) is 20.8 Å². The number of nitrogens with one attached hydrogen (secondary N) is 2. The lowest BCUT2D eigenvalue weighted by molar-refractivity contribution is -0.118. The van der Waals surface area contributed by atoms with Crippen molar-refractivity contribution in [3.05, 3.63) is 58.7 Å². The summed E-state index contributed by atoms with van der Waals surface area (Å²) in [4.78, 5) is 24.8. The monoisotopic (exact) mass is 370 g/mol. The van der Waals surface area contributed by atoms with Gasteiger partial charge in [0, 0.05) is 27.4 Å². The third-order valence-electron chi connectivity index (χ3n) is 4.04. The van der Waals surface area contributed by atoms with Crippen LogP contribution >= 0.6 is 11.3 Å². The largest absolute Gasteiger partial charge is 0.326 e. The van der Waals surface area contributed by atoms with Crippen LogP contribution in [0.4, 0.5) is 15.8 Å². The maximum Gasteiger partial charge on any atom is 0.266 e. The smallest absolute Gasteiger partial charge is 0.266 e. The maximum absolute atomic E-state index is 14.0. The molecule has 0 atom stereocenters. The molecule has 0 fully saturated rings. The number of aryl methyl sites for hydroxylation is 1. The van der Waals surface area contributed by atoms with Crippen LogP contribution in [-0.4, -0.2) is 11.8 Å². The van der Waals surface area contributed by atoms with E-state index < -0.39 is 0 Å². The Hall–Kier alpha value is -2.73. The lowest BCUT2D eigenvalue weighted by atomic mass is 10.1. The Kier molecular flexibility index (Phi) is 5.04. The Bertz CT molecular complexity index is 977. The lowest BCUT2D eigenvalue weighted by Crippen LogP contribution is -2.17. The van der Waals surface area contributed by atoms with Gasteiger partial charge >= 0.3 is 0 Å². The van der Waals surface area contributed by atoms with Crippen LogP contribution < -0.4 is 10.6 Å². The molecule has 0 aliphatic heterocycles. The second-order valence-electron chi connectivity index (χ2n) is 6.34. The molecule has 2 aromatic carbocycles. The van der Waals surface area contributed by atoms with E-state index in [1.165, 1.54) is 17.4 Å². The molecule has 1 heterocycles. The normalized spacial score (nSPS) is 11.0. The van der Waals surface area contributed by atoms with Gasteiger partial charge in [0.2, 0.25) is 5.91 Å². The van der Waals surface area contributed by atoms with Gasteiger partial charge in [-0.2, -0.15) is 0 Å². The Labute approximate surface area is 155 Å². The first-order valence-corrected chi connectivity index (χ1v) is 9.08. The van der Waals surface area contributed by atoms with Gasteiger partial charge in [-0.3, -0.25) is 9.59 Å². The molecule has 0 spiro atoms. The van der Waals surface area contributed by atoms with Gasteiger partial charge in [0.15, 0.2) is 0 Å². The highest BCUT2D eigenvalue weighted by Crippen LogP contribution is 2.33. The van der Waals surface area contributed by atoms with Gasteiger partial charge in [-0.25, -0.2) is 4.39 Å². The summed E-state index contributed by atoms with van der Waals surface area (Å²) in [6.45, 7) is 5.39.